The van der Waals surface area contributed by atoms with Crippen molar-refractivity contribution in [2.24, 2.45) is 20.0 Å². The fourth-order valence-corrected chi connectivity index (χ4v) is 43.2. The maximum atomic E-state index is 12.3. The molecule has 0 saturated carbocycles. The number of carbonyl (C=O) groups is 1. The van der Waals surface area contributed by atoms with Gasteiger partial charge in [-0.3, -0.25) is 0 Å². The summed E-state index contributed by atoms with van der Waals surface area (Å²) in [7, 11) is -36.7. The van der Waals surface area contributed by atoms with Crippen LogP contribution in [0.3, 0.4) is 0 Å². The van der Waals surface area contributed by atoms with Gasteiger partial charge >= 0.3 is 607 Å². The van der Waals surface area contributed by atoms with E-state index in [1.807, 2.05) is 97.1 Å². The van der Waals surface area contributed by atoms with Crippen LogP contribution in [0.4, 0.5) is 11.6 Å². The molecule has 5 N–H and O–H groups in total. The van der Waals surface area contributed by atoms with Gasteiger partial charge in [0.25, 0.3) is 0 Å². The molecule has 0 amide bonds. The molecule has 32 nitrogen and oxygen atoms in total. The van der Waals surface area contributed by atoms with E-state index in [9.17, 15) is 77.9 Å². The number of ether oxygens (including phenoxy) is 4. The Morgan fingerprint density at radius 2 is 0.681 bits per heavy atom. The van der Waals surface area contributed by atoms with Gasteiger partial charge in [-0.25, -0.2) is 0 Å². The molecule has 0 atom stereocenters. The van der Waals surface area contributed by atoms with E-state index in [0.29, 0.717) is 193 Å². The zero-order valence-corrected chi connectivity index (χ0v) is 71.5. The molecule has 0 unspecified atom stereocenters. The van der Waals surface area contributed by atoms with E-state index < -0.39 is 104 Å². The second-order valence-corrected chi connectivity index (χ2v) is 53.9. The number of aliphatic imine (C=N–C) groups is 2. The molecule has 6 aromatic rings. The molecule has 40 heteroatoms. The first-order chi connectivity index (χ1) is 53.4. The maximum absolute atomic E-state index is 12.3. The van der Waals surface area contributed by atoms with E-state index >= 15 is 0 Å². The van der Waals surface area contributed by atoms with Crippen LogP contribution >= 0.6 is 0 Å². The third-order valence-electron chi connectivity index (χ3n) is 22.6. The van der Waals surface area contributed by atoms with Crippen molar-refractivity contribution < 1.29 is 114 Å². The van der Waals surface area contributed by atoms with E-state index in [1.54, 1.807) is 0 Å². The molecule has 0 bridgehead atoms. The summed E-state index contributed by atoms with van der Waals surface area (Å²) in [5.41, 5.74) is 4.00. The molecular weight excluding hydrogens is 1610 g/mol. The molecule has 113 heavy (non-hydrogen) atoms. The van der Waals surface area contributed by atoms with Gasteiger partial charge in [0.05, 0.1) is 33.0 Å². The molecule has 1 spiro atoms. The van der Waals surface area contributed by atoms with E-state index in [-0.39, 0.29) is 63.0 Å². The number of nitrogens with zero attached hydrogens (tertiary/aromatic N) is 10. The van der Waals surface area contributed by atoms with Crippen molar-refractivity contribution >= 4 is 138 Å². The standard InChI is InChI=1S/C73H104N10O22S5Si3/c1-111(2,56-23-39-82(34-13-18-51-106(85,86)87,35-14-19-52-107(88,89)90)36-15-20-53-108(91,92)93)104-113(105-112(3,4)57-24-40-83(37-16-21-54-109(94,95)96,38-17-22-55-110(97,98)99)41-44-101-46-48-103-50-49-102-47-45-100-43-25-42-84)78-66-58-26-5-6-27-59(58)67(78)75-69-62-30-9-10-31-63(62)71(80(69)113)77-73-65-33-12-11-32-64(65)72(81(73)113)76-70-61-29-8-7-28-60(61)68(74-66)79(70)113/h5-12,26-33,42H,13-25,34-41,43-57H2,1-4H3,(H3-2,85,86,87,88,89,90,91,92,93,94,95,96,97,98,99)/p+2. The van der Waals surface area contributed by atoms with E-state index in [1.165, 1.54) is 0 Å². The van der Waals surface area contributed by atoms with Crippen molar-refractivity contribution in [3.8, 4) is 0 Å². The van der Waals surface area contributed by atoms with Crippen LogP contribution in [-0.2, 0) is 82.6 Å². The number of fused-ring (bicyclic) bond motifs is 12. The molecule has 12 rings (SSSR count). The Morgan fingerprint density at radius 3 is 1.03 bits per heavy atom. The second kappa shape index (κ2) is 33.7. The number of benzene rings is 4. The Kier molecular flexibility index (Phi) is 25.7. The van der Waals surface area contributed by atoms with Gasteiger partial charge < -0.3 is 14.3 Å². The molecule has 6 aliphatic heterocycles. The number of rotatable bonds is 52. The SMILES string of the molecule is C[Si](C)(CCC[N+](CCCCS(=O)(=O)O)(CCCCS(=O)(=O)O)CCCCS(=O)(=O)O)O[Si-2]123(O[Si](C)(C)CCC[N+](CCCCS(=O)(=O)O)(CCCCS(=O)(=O)O)CCOCCOCCOCCOCCC=O)n4c5c6ccccc6c4N=C4c6ccccc6C(=[N+]41)N=c1c4ccccc4c(n12)=NC1=[N+]3C(=N5)c2ccccc21. The Bertz CT molecular complexity index is 5210. The first kappa shape index (κ1) is 86.1. The van der Waals surface area contributed by atoms with Crippen LogP contribution in [0.15, 0.2) is 117 Å². The van der Waals surface area contributed by atoms with Crippen LogP contribution in [0.1, 0.15) is 106 Å². The molecule has 6 aliphatic rings. The number of aromatic nitrogens is 2. The van der Waals surface area contributed by atoms with Gasteiger partial charge in [-0.15, -0.1) is 0 Å². The number of carbonyl (C=O) groups excluding carboxylic acids is 1. The summed E-state index contributed by atoms with van der Waals surface area (Å²) in [6.45, 7) is 14.0. The van der Waals surface area contributed by atoms with Crippen molar-refractivity contribution in [3.05, 3.63) is 130 Å². The van der Waals surface area contributed by atoms with Gasteiger partial charge in [-0.2, -0.15) is 0 Å². The van der Waals surface area contributed by atoms with Crippen LogP contribution in [0.25, 0.3) is 21.5 Å². The molecule has 0 fully saturated rings. The fraction of sp³-hybridized carbons (Fsp3) is 0.548. The molecule has 0 aliphatic carbocycles. The number of hydrogen-bond acceptors (Lipinski definition) is 21. The third kappa shape index (κ3) is 18.0. The summed E-state index contributed by atoms with van der Waals surface area (Å²) in [5, 5.41) is 3.00. The summed E-state index contributed by atoms with van der Waals surface area (Å²) in [6, 6.07) is 32.8. The summed E-state index contributed by atoms with van der Waals surface area (Å²) in [4.78, 5) is 34.2. The van der Waals surface area contributed by atoms with Crippen LogP contribution in [0.5, 0.6) is 0 Å². The molecule has 0 saturated heterocycles. The van der Waals surface area contributed by atoms with Crippen molar-refractivity contribution in [2.45, 2.75) is 122 Å². The molecule has 8 heterocycles. The average molecular weight is 1720 g/mol. The van der Waals surface area contributed by atoms with Gasteiger partial charge in [-0.05, 0) is 0 Å². The topological polar surface area (TPSA) is 410 Å². The summed E-state index contributed by atoms with van der Waals surface area (Å²) >= 11 is 0. The van der Waals surface area contributed by atoms with E-state index in [4.69, 9.17) is 38.9 Å². The molecule has 4 aromatic carbocycles. The Balaban J connectivity index is 1.03. The minimum absolute atomic E-state index is 0.0795. The normalized spacial score (nSPS) is 17.2. The van der Waals surface area contributed by atoms with Crippen LogP contribution in [-0.4, -0.2) is 279 Å². The summed E-state index contributed by atoms with van der Waals surface area (Å²) in [6.07, 6.45) is 4.05. The van der Waals surface area contributed by atoms with Crippen molar-refractivity contribution in [1.29, 1.82) is 0 Å². The first-order valence-electron chi connectivity index (χ1n) is 38.8. The van der Waals surface area contributed by atoms with E-state index in [2.05, 4.69) is 43.1 Å². The molecule has 620 valence electrons. The number of aldehydes is 1. The fourth-order valence-electron chi connectivity index (χ4n) is 18.1. The van der Waals surface area contributed by atoms with Gasteiger partial charge in [0.2, 0.25) is 0 Å². The van der Waals surface area contributed by atoms with Crippen molar-refractivity contribution in [3.63, 3.8) is 0 Å². The predicted octanol–water partition coefficient (Wildman–Crippen LogP) is 7.18. The van der Waals surface area contributed by atoms with E-state index in [0.717, 1.165) is 50.1 Å². The summed E-state index contributed by atoms with van der Waals surface area (Å²) in [5.74, 6) is 0.505. The Morgan fingerprint density at radius 1 is 0.381 bits per heavy atom. The van der Waals surface area contributed by atoms with Gasteiger partial charge in [0.15, 0.2) is 0 Å². The second-order valence-electron chi connectivity index (χ2n) is 31.7. The van der Waals surface area contributed by atoms with Crippen LogP contribution in [0, 0.1) is 0 Å². The Labute approximate surface area is 662 Å². The number of unbranched alkanes of at least 4 members (excludes halogenated alkanes) is 5. The van der Waals surface area contributed by atoms with Gasteiger partial charge in [-0.1, -0.05) is 0 Å². The average Bonchev–Trinajstić information content (AvgIpc) is 1.46. The van der Waals surface area contributed by atoms with Crippen LogP contribution in [0.2, 0.25) is 38.3 Å². The molecule has 0 radical (unpaired) electrons. The summed E-state index contributed by atoms with van der Waals surface area (Å²) < 4.78 is 224. The van der Waals surface area contributed by atoms with Gasteiger partial charge in [0.1, 0.15) is 6.29 Å². The van der Waals surface area contributed by atoms with Crippen molar-refractivity contribution in [2.75, 3.05) is 134 Å². The number of amidine groups is 4. The third-order valence-corrected chi connectivity index (χ3v) is 43.3. The predicted molar refractivity (Wildman–Crippen MR) is 434 cm³/mol. The Hall–Kier alpha value is -6.21. The zero-order chi connectivity index (χ0) is 81.0. The van der Waals surface area contributed by atoms with Gasteiger partial charge in [0, 0.05) is 6.42 Å². The van der Waals surface area contributed by atoms with Crippen LogP contribution < -0.4 is 11.0 Å². The monoisotopic (exact) mass is 1720 g/mol. The first-order valence-corrected chi connectivity index (χ1v) is 55.7. The number of quaternary nitrogens is 2. The quantitative estimate of drug-likeness (QED) is 0.00829. The zero-order valence-electron chi connectivity index (χ0n) is 64.5. The number of hydrogen-bond donors (Lipinski definition) is 5. The molecular formula is C73H106N10O22S5Si3+2. The van der Waals surface area contributed by atoms with Crippen molar-refractivity contribution in [1.82, 2.24) is 8.47 Å². The molecule has 2 aromatic heterocycles. The minimum atomic E-state index is -7.44.